The maximum atomic E-state index is 13.8. The van der Waals surface area contributed by atoms with E-state index >= 15 is 0 Å². The summed E-state index contributed by atoms with van der Waals surface area (Å²) in [5.74, 6) is -1.32. The molecule has 2 N–H and O–H groups in total. The van der Waals surface area contributed by atoms with Crippen LogP contribution in [0.3, 0.4) is 0 Å². The van der Waals surface area contributed by atoms with Gasteiger partial charge in [-0.3, -0.25) is 0 Å². The molecule has 0 saturated heterocycles. The maximum Gasteiger partial charge on any atom is 0.135 e. The van der Waals surface area contributed by atoms with Crippen molar-refractivity contribution in [1.82, 2.24) is 9.78 Å². The second kappa shape index (κ2) is 4.77. The third kappa shape index (κ3) is 2.14. The van der Waals surface area contributed by atoms with Gasteiger partial charge in [0.2, 0.25) is 0 Å². The lowest BCUT2D eigenvalue weighted by Crippen LogP contribution is -1.95. The van der Waals surface area contributed by atoms with E-state index in [2.05, 4.69) is 5.10 Å². The molecule has 0 aliphatic carbocycles. The van der Waals surface area contributed by atoms with E-state index in [0.717, 1.165) is 11.8 Å². The number of hydrogen-bond donors (Lipinski definition) is 1. The second-order valence-electron chi connectivity index (χ2n) is 4.34. The number of hydrogen-bond acceptors (Lipinski definition) is 2. The Bertz CT molecular complexity index is 751. The lowest BCUT2D eigenvalue weighted by Gasteiger charge is -2.01. The average molecular weight is 271 g/mol. The highest BCUT2D eigenvalue weighted by atomic mass is 19.1. The second-order valence-corrected chi connectivity index (χ2v) is 4.34. The molecule has 2 aromatic carbocycles. The van der Waals surface area contributed by atoms with E-state index in [1.807, 2.05) is 30.3 Å². The Morgan fingerprint density at radius 2 is 1.75 bits per heavy atom. The summed E-state index contributed by atoms with van der Waals surface area (Å²) in [5, 5.41) is 4.27. The van der Waals surface area contributed by atoms with E-state index < -0.39 is 11.6 Å². The van der Waals surface area contributed by atoms with Gasteiger partial charge in [-0.15, -0.1) is 0 Å². The molecule has 5 heteroatoms. The lowest BCUT2D eigenvalue weighted by atomic mass is 10.1. The number of nitrogen functional groups attached to an aromatic ring is 1. The van der Waals surface area contributed by atoms with Crippen molar-refractivity contribution in [2.75, 3.05) is 5.73 Å². The number of anilines is 1. The van der Waals surface area contributed by atoms with Crippen LogP contribution >= 0.6 is 0 Å². The van der Waals surface area contributed by atoms with Gasteiger partial charge in [0, 0.05) is 11.6 Å². The highest BCUT2D eigenvalue weighted by molar-refractivity contribution is 5.72. The van der Waals surface area contributed by atoms with Crippen LogP contribution in [0.4, 0.5) is 14.5 Å². The number of rotatable bonds is 2. The van der Waals surface area contributed by atoms with Crippen LogP contribution in [0.1, 0.15) is 0 Å². The number of benzene rings is 2. The molecule has 1 heterocycles. The normalized spacial score (nSPS) is 10.7. The zero-order valence-electron chi connectivity index (χ0n) is 10.4. The third-order valence-electron chi connectivity index (χ3n) is 2.95. The number of halogens is 2. The molecule has 0 aliphatic heterocycles. The summed E-state index contributed by atoms with van der Waals surface area (Å²) >= 11 is 0. The molecule has 0 aliphatic rings. The molecular weight excluding hydrogens is 260 g/mol. The monoisotopic (exact) mass is 271 g/mol. The van der Waals surface area contributed by atoms with Gasteiger partial charge in [0.1, 0.15) is 17.3 Å². The van der Waals surface area contributed by atoms with Gasteiger partial charge in [0.25, 0.3) is 0 Å². The fourth-order valence-electron chi connectivity index (χ4n) is 1.99. The van der Waals surface area contributed by atoms with Crippen molar-refractivity contribution in [2.45, 2.75) is 0 Å². The first-order chi connectivity index (χ1) is 9.65. The van der Waals surface area contributed by atoms with Crippen molar-refractivity contribution in [3.8, 4) is 16.9 Å². The Balaban J connectivity index is 2.10. The molecule has 0 saturated carbocycles. The summed E-state index contributed by atoms with van der Waals surface area (Å²) in [4.78, 5) is 0. The molecule has 3 aromatic rings. The molecule has 0 unspecified atom stereocenters. The molecular formula is C15H11F2N3. The molecule has 1 aromatic heterocycles. The minimum absolute atomic E-state index is 0.179. The molecule has 0 atom stereocenters. The van der Waals surface area contributed by atoms with E-state index in [4.69, 9.17) is 5.73 Å². The van der Waals surface area contributed by atoms with Crippen molar-refractivity contribution < 1.29 is 8.78 Å². The van der Waals surface area contributed by atoms with Gasteiger partial charge in [-0.1, -0.05) is 18.2 Å². The van der Waals surface area contributed by atoms with Gasteiger partial charge in [0.15, 0.2) is 0 Å². The highest BCUT2D eigenvalue weighted by Crippen LogP contribution is 2.28. The Morgan fingerprint density at radius 3 is 2.45 bits per heavy atom. The van der Waals surface area contributed by atoms with Gasteiger partial charge in [-0.2, -0.15) is 5.10 Å². The zero-order chi connectivity index (χ0) is 14.1. The summed E-state index contributed by atoms with van der Waals surface area (Å²) in [5.41, 5.74) is 7.50. The first kappa shape index (κ1) is 12.3. The van der Waals surface area contributed by atoms with E-state index in [1.54, 1.807) is 10.9 Å². The molecule has 100 valence electrons. The summed E-state index contributed by atoms with van der Waals surface area (Å²) < 4.78 is 28.3. The third-order valence-corrected chi connectivity index (χ3v) is 2.95. The smallest absolute Gasteiger partial charge is 0.135 e. The molecule has 3 nitrogen and oxygen atoms in total. The predicted octanol–water partition coefficient (Wildman–Crippen LogP) is 3.40. The average Bonchev–Trinajstić information content (AvgIpc) is 2.82. The molecule has 0 amide bonds. The Labute approximate surface area is 114 Å². The van der Waals surface area contributed by atoms with E-state index in [-0.39, 0.29) is 5.56 Å². The summed E-state index contributed by atoms with van der Waals surface area (Å²) in [7, 11) is 0. The minimum atomic E-state index is -0.685. The summed E-state index contributed by atoms with van der Waals surface area (Å²) in [6, 6.07) is 12.7. The van der Waals surface area contributed by atoms with Crippen LogP contribution in [0.5, 0.6) is 0 Å². The Morgan fingerprint density at radius 1 is 1.00 bits per heavy atom. The Kier molecular flexibility index (Phi) is 2.95. The van der Waals surface area contributed by atoms with Gasteiger partial charge in [0.05, 0.1) is 17.6 Å². The van der Waals surface area contributed by atoms with E-state index in [9.17, 15) is 8.78 Å². The highest BCUT2D eigenvalue weighted by Gasteiger charge is 2.14. The van der Waals surface area contributed by atoms with Crippen LogP contribution < -0.4 is 5.73 Å². The van der Waals surface area contributed by atoms with Gasteiger partial charge < -0.3 is 5.73 Å². The van der Waals surface area contributed by atoms with Crippen molar-refractivity contribution in [3.05, 3.63) is 66.4 Å². The number of aromatic nitrogens is 2. The van der Waals surface area contributed by atoms with Gasteiger partial charge in [-0.25, -0.2) is 13.5 Å². The predicted molar refractivity (Wildman–Crippen MR) is 73.3 cm³/mol. The fourth-order valence-corrected chi connectivity index (χ4v) is 1.99. The molecule has 20 heavy (non-hydrogen) atoms. The summed E-state index contributed by atoms with van der Waals surface area (Å²) in [6.07, 6.45) is 1.60. The number of nitrogens with zero attached hydrogens (tertiary/aromatic N) is 2. The minimum Gasteiger partial charge on any atom is -0.396 e. The largest absolute Gasteiger partial charge is 0.396 e. The van der Waals surface area contributed by atoms with Gasteiger partial charge in [-0.05, 0) is 24.3 Å². The lowest BCUT2D eigenvalue weighted by molar-refractivity contribution is 0.585. The molecule has 0 spiro atoms. The van der Waals surface area contributed by atoms with Crippen LogP contribution in [0.2, 0.25) is 0 Å². The van der Waals surface area contributed by atoms with Crippen LogP contribution in [-0.2, 0) is 0 Å². The topological polar surface area (TPSA) is 43.8 Å². The first-order valence-corrected chi connectivity index (χ1v) is 6.01. The maximum absolute atomic E-state index is 13.8. The van der Waals surface area contributed by atoms with E-state index in [1.165, 1.54) is 12.1 Å². The van der Waals surface area contributed by atoms with Crippen LogP contribution in [0.15, 0.2) is 54.7 Å². The molecule has 3 rings (SSSR count). The SMILES string of the molecule is Nc1cn(-c2ccccc2)nc1-c1ccc(F)cc1F. The fraction of sp³-hybridized carbons (Fsp3) is 0. The van der Waals surface area contributed by atoms with Crippen molar-refractivity contribution in [3.63, 3.8) is 0 Å². The molecule has 0 bridgehead atoms. The Hall–Kier alpha value is -2.69. The van der Waals surface area contributed by atoms with Gasteiger partial charge >= 0.3 is 0 Å². The van der Waals surface area contributed by atoms with Crippen molar-refractivity contribution >= 4 is 5.69 Å². The van der Waals surface area contributed by atoms with Crippen LogP contribution in [-0.4, -0.2) is 9.78 Å². The van der Waals surface area contributed by atoms with E-state index in [0.29, 0.717) is 11.4 Å². The van der Waals surface area contributed by atoms with Crippen LogP contribution in [0.25, 0.3) is 16.9 Å². The quantitative estimate of drug-likeness (QED) is 0.776. The van der Waals surface area contributed by atoms with Crippen molar-refractivity contribution in [1.29, 1.82) is 0 Å². The number of nitrogens with two attached hydrogens (primary N) is 1. The van der Waals surface area contributed by atoms with Crippen LogP contribution in [0, 0.1) is 11.6 Å². The molecule has 0 radical (unpaired) electrons. The first-order valence-electron chi connectivity index (χ1n) is 6.01. The number of para-hydroxylation sites is 1. The molecule has 0 fully saturated rings. The summed E-state index contributed by atoms with van der Waals surface area (Å²) in [6.45, 7) is 0. The van der Waals surface area contributed by atoms with Crippen molar-refractivity contribution in [2.24, 2.45) is 0 Å². The standard InChI is InChI=1S/C15H11F2N3/c16-10-6-7-12(13(17)8-10)15-14(18)9-20(19-15)11-4-2-1-3-5-11/h1-9H,18H2. The zero-order valence-corrected chi connectivity index (χ0v) is 10.4.